The SMILES string of the molecule is CC(C)Oc1cncc(B2OC(C)(C)C(C)(C)O2)n1. The van der Waals surface area contributed by atoms with Gasteiger partial charge in [0.15, 0.2) is 0 Å². The van der Waals surface area contributed by atoms with Crippen LogP contribution >= 0.6 is 0 Å². The molecular formula is C13H21BN2O3. The molecule has 1 aliphatic heterocycles. The maximum absolute atomic E-state index is 5.93. The van der Waals surface area contributed by atoms with Crippen molar-refractivity contribution >= 4 is 12.7 Å². The van der Waals surface area contributed by atoms with Crippen LogP contribution in [0.15, 0.2) is 12.4 Å². The summed E-state index contributed by atoms with van der Waals surface area (Å²) >= 11 is 0. The summed E-state index contributed by atoms with van der Waals surface area (Å²) in [4.78, 5) is 8.52. The van der Waals surface area contributed by atoms with Crippen molar-refractivity contribution in [1.82, 2.24) is 9.97 Å². The Balaban J connectivity index is 2.20. The highest BCUT2D eigenvalue weighted by molar-refractivity contribution is 6.61. The van der Waals surface area contributed by atoms with Gasteiger partial charge in [0.2, 0.25) is 5.88 Å². The molecule has 0 spiro atoms. The smallest absolute Gasteiger partial charge is 0.474 e. The molecule has 6 heteroatoms. The molecule has 5 nitrogen and oxygen atoms in total. The molecule has 0 radical (unpaired) electrons. The van der Waals surface area contributed by atoms with E-state index in [1.54, 1.807) is 12.4 Å². The normalized spacial score (nSPS) is 20.9. The van der Waals surface area contributed by atoms with Crippen LogP contribution in [-0.2, 0) is 9.31 Å². The molecule has 19 heavy (non-hydrogen) atoms. The van der Waals surface area contributed by atoms with Gasteiger partial charge in [-0.15, -0.1) is 0 Å². The highest BCUT2D eigenvalue weighted by Crippen LogP contribution is 2.36. The zero-order valence-electron chi connectivity index (χ0n) is 12.4. The molecule has 1 aromatic rings. The van der Waals surface area contributed by atoms with Crippen molar-refractivity contribution in [2.45, 2.75) is 58.8 Å². The van der Waals surface area contributed by atoms with Crippen LogP contribution in [0.25, 0.3) is 0 Å². The Morgan fingerprint density at radius 2 is 1.68 bits per heavy atom. The van der Waals surface area contributed by atoms with E-state index in [0.717, 1.165) is 0 Å². The van der Waals surface area contributed by atoms with E-state index >= 15 is 0 Å². The molecule has 1 aromatic heterocycles. The average Bonchev–Trinajstić information content (AvgIpc) is 2.47. The van der Waals surface area contributed by atoms with E-state index in [0.29, 0.717) is 11.5 Å². The highest BCUT2D eigenvalue weighted by Gasteiger charge is 2.52. The fourth-order valence-corrected chi connectivity index (χ4v) is 1.74. The number of hydrogen-bond acceptors (Lipinski definition) is 5. The first-order valence-corrected chi connectivity index (χ1v) is 6.55. The Morgan fingerprint density at radius 3 is 2.21 bits per heavy atom. The van der Waals surface area contributed by atoms with Gasteiger partial charge in [0.05, 0.1) is 29.1 Å². The molecule has 0 saturated carbocycles. The summed E-state index contributed by atoms with van der Waals surface area (Å²) in [6, 6.07) is 0. The second kappa shape index (κ2) is 4.76. The fourth-order valence-electron chi connectivity index (χ4n) is 1.74. The summed E-state index contributed by atoms with van der Waals surface area (Å²) in [6.07, 6.45) is 3.30. The average molecular weight is 264 g/mol. The van der Waals surface area contributed by atoms with Gasteiger partial charge in [-0.1, -0.05) is 0 Å². The van der Waals surface area contributed by atoms with E-state index in [-0.39, 0.29) is 17.3 Å². The van der Waals surface area contributed by atoms with Crippen molar-refractivity contribution in [2.24, 2.45) is 0 Å². The molecule has 0 aromatic carbocycles. The Kier molecular flexibility index (Phi) is 3.58. The van der Waals surface area contributed by atoms with Gasteiger partial charge in [-0.3, -0.25) is 4.98 Å². The fraction of sp³-hybridized carbons (Fsp3) is 0.692. The van der Waals surface area contributed by atoms with Crippen molar-refractivity contribution in [2.75, 3.05) is 0 Å². The zero-order chi connectivity index (χ0) is 14.3. The predicted octanol–water partition coefficient (Wildman–Crippen LogP) is 1.56. The maximum Gasteiger partial charge on any atom is 0.516 e. The highest BCUT2D eigenvalue weighted by atomic mass is 16.7. The van der Waals surface area contributed by atoms with Gasteiger partial charge in [0.25, 0.3) is 0 Å². The predicted molar refractivity (Wildman–Crippen MR) is 73.5 cm³/mol. The minimum Gasteiger partial charge on any atom is -0.474 e. The Bertz CT molecular complexity index is 447. The molecule has 0 aliphatic carbocycles. The number of ether oxygens (including phenoxy) is 1. The second-order valence-corrected chi connectivity index (χ2v) is 6.04. The monoisotopic (exact) mass is 264 g/mol. The third-order valence-electron chi connectivity index (χ3n) is 3.48. The standard InChI is InChI=1S/C13H21BN2O3/c1-9(2)17-11-8-15-7-10(16-11)14-18-12(3,4)13(5,6)19-14/h7-9H,1-6H3. The summed E-state index contributed by atoms with van der Waals surface area (Å²) in [5.74, 6) is 0.488. The second-order valence-electron chi connectivity index (χ2n) is 6.04. The zero-order valence-corrected chi connectivity index (χ0v) is 12.4. The molecule has 0 amide bonds. The van der Waals surface area contributed by atoms with E-state index in [1.807, 2.05) is 41.5 Å². The molecule has 0 atom stereocenters. The van der Waals surface area contributed by atoms with Crippen molar-refractivity contribution < 1.29 is 14.0 Å². The quantitative estimate of drug-likeness (QED) is 0.775. The van der Waals surface area contributed by atoms with Gasteiger partial charge in [0, 0.05) is 6.20 Å². The van der Waals surface area contributed by atoms with Gasteiger partial charge < -0.3 is 14.0 Å². The van der Waals surface area contributed by atoms with Gasteiger partial charge in [0.1, 0.15) is 0 Å². The molecule has 2 heterocycles. The van der Waals surface area contributed by atoms with E-state index in [1.165, 1.54) is 0 Å². The van der Waals surface area contributed by atoms with E-state index in [4.69, 9.17) is 14.0 Å². The van der Waals surface area contributed by atoms with Gasteiger partial charge in [-0.05, 0) is 41.5 Å². The van der Waals surface area contributed by atoms with Crippen LogP contribution in [0, 0.1) is 0 Å². The Hall–Kier alpha value is -1.14. The molecule has 2 rings (SSSR count). The molecule has 0 N–H and O–H groups in total. The summed E-state index contributed by atoms with van der Waals surface area (Å²) in [7, 11) is -0.506. The number of aromatic nitrogens is 2. The van der Waals surface area contributed by atoms with E-state index in [9.17, 15) is 0 Å². The minimum absolute atomic E-state index is 0.0582. The minimum atomic E-state index is -0.506. The maximum atomic E-state index is 5.93. The van der Waals surface area contributed by atoms with Crippen molar-refractivity contribution in [3.05, 3.63) is 12.4 Å². The summed E-state index contributed by atoms with van der Waals surface area (Å²) in [5.41, 5.74) is -0.125. The van der Waals surface area contributed by atoms with Gasteiger partial charge in [-0.25, -0.2) is 4.98 Å². The lowest BCUT2D eigenvalue weighted by molar-refractivity contribution is 0.00578. The van der Waals surface area contributed by atoms with Gasteiger partial charge >= 0.3 is 7.12 Å². The molecule has 0 unspecified atom stereocenters. The first-order chi connectivity index (χ1) is 8.71. The summed E-state index contributed by atoms with van der Waals surface area (Å²) in [5, 5.41) is 0. The third kappa shape index (κ3) is 2.90. The van der Waals surface area contributed by atoms with E-state index in [2.05, 4.69) is 9.97 Å². The number of hydrogen-bond donors (Lipinski definition) is 0. The van der Waals surface area contributed by atoms with Crippen LogP contribution < -0.4 is 10.3 Å². The largest absolute Gasteiger partial charge is 0.516 e. The van der Waals surface area contributed by atoms with Crippen molar-refractivity contribution in [1.29, 1.82) is 0 Å². The van der Waals surface area contributed by atoms with Gasteiger partial charge in [-0.2, -0.15) is 0 Å². The van der Waals surface area contributed by atoms with Crippen molar-refractivity contribution in [3.63, 3.8) is 0 Å². The van der Waals surface area contributed by atoms with Crippen LogP contribution in [0.5, 0.6) is 5.88 Å². The molecule has 104 valence electrons. The van der Waals surface area contributed by atoms with Crippen LogP contribution in [0.3, 0.4) is 0 Å². The topological polar surface area (TPSA) is 53.5 Å². The molecule has 1 fully saturated rings. The lowest BCUT2D eigenvalue weighted by atomic mass is 9.85. The van der Waals surface area contributed by atoms with Crippen LogP contribution in [0.2, 0.25) is 0 Å². The van der Waals surface area contributed by atoms with Crippen molar-refractivity contribution in [3.8, 4) is 5.88 Å². The molecule has 1 aliphatic rings. The first kappa shape index (κ1) is 14.3. The summed E-state index contributed by atoms with van der Waals surface area (Å²) < 4.78 is 17.4. The first-order valence-electron chi connectivity index (χ1n) is 6.55. The Morgan fingerprint density at radius 1 is 1.11 bits per heavy atom. The van der Waals surface area contributed by atoms with Crippen LogP contribution in [0.1, 0.15) is 41.5 Å². The van der Waals surface area contributed by atoms with Crippen LogP contribution in [0.4, 0.5) is 0 Å². The lowest BCUT2D eigenvalue weighted by Gasteiger charge is -2.32. The molecular weight excluding hydrogens is 243 g/mol. The lowest BCUT2D eigenvalue weighted by Crippen LogP contribution is -2.41. The number of rotatable bonds is 3. The number of nitrogens with zero attached hydrogens (tertiary/aromatic N) is 2. The van der Waals surface area contributed by atoms with Crippen LogP contribution in [-0.4, -0.2) is 34.4 Å². The van der Waals surface area contributed by atoms with E-state index < -0.39 is 7.12 Å². The third-order valence-corrected chi connectivity index (χ3v) is 3.48. The summed E-state index contributed by atoms with van der Waals surface area (Å²) in [6.45, 7) is 11.9. The molecule has 0 bridgehead atoms. The molecule has 1 saturated heterocycles. The Labute approximate surface area is 114 Å².